The molecule has 3 aliphatic rings. The molecule has 1 aromatic carbocycles. The van der Waals surface area contributed by atoms with Crippen molar-refractivity contribution in [1.82, 2.24) is 19.9 Å². The Morgan fingerprint density at radius 1 is 1.15 bits per heavy atom. The average Bonchev–Trinajstić information content (AvgIpc) is 3.36. The third-order valence-corrected chi connectivity index (χ3v) is 8.61. The lowest BCUT2D eigenvalue weighted by Crippen LogP contribution is -2.43. The van der Waals surface area contributed by atoms with E-state index < -0.39 is 10.0 Å². The Bertz CT molecular complexity index is 1230. The van der Waals surface area contributed by atoms with Crippen LogP contribution in [0.2, 0.25) is 0 Å². The summed E-state index contributed by atoms with van der Waals surface area (Å²) >= 11 is 0. The van der Waals surface area contributed by atoms with Gasteiger partial charge in [0, 0.05) is 48.8 Å². The van der Waals surface area contributed by atoms with Gasteiger partial charge < -0.3 is 20.5 Å². The highest BCUT2D eigenvalue weighted by molar-refractivity contribution is 7.89. The number of benzene rings is 1. The van der Waals surface area contributed by atoms with E-state index in [0.717, 1.165) is 64.1 Å². The molecule has 2 aromatic rings. The van der Waals surface area contributed by atoms with Gasteiger partial charge in [-0.3, -0.25) is 4.79 Å². The molecule has 34 heavy (non-hydrogen) atoms. The van der Waals surface area contributed by atoms with Crippen molar-refractivity contribution in [2.75, 3.05) is 45.1 Å². The Morgan fingerprint density at radius 2 is 1.94 bits per heavy atom. The maximum atomic E-state index is 12.9. The summed E-state index contributed by atoms with van der Waals surface area (Å²) in [5.74, 6) is -0.201. The topological polar surface area (TPSA) is 106 Å². The number of hydrogen-bond donors (Lipinski definition) is 4. The number of fused-ring (bicyclic) bond motifs is 2. The number of aromatic nitrogens is 1. The minimum Gasteiger partial charge on any atom is -0.358 e. The van der Waals surface area contributed by atoms with Crippen LogP contribution in [0.3, 0.4) is 0 Å². The monoisotopic (exact) mass is 483 g/mol. The number of piperazine rings is 1. The van der Waals surface area contributed by atoms with Gasteiger partial charge in [-0.05, 0) is 87.5 Å². The lowest BCUT2D eigenvalue weighted by Gasteiger charge is -2.27. The molecule has 0 spiro atoms. The maximum absolute atomic E-state index is 12.9. The third-order valence-electron chi connectivity index (χ3n) is 7.20. The van der Waals surface area contributed by atoms with E-state index in [-0.39, 0.29) is 10.8 Å². The molecular formula is C25H33N5O3S. The average molecular weight is 484 g/mol. The number of anilines is 1. The van der Waals surface area contributed by atoms with Crippen LogP contribution in [0.25, 0.3) is 11.6 Å². The van der Waals surface area contributed by atoms with Crippen LogP contribution in [-0.2, 0) is 34.1 Å². The fourth-order valence-corrected chi connectivity index (χ4v) is 6.10. The molecule has 1 aromatic heterocycles. The van der Waals surface area contributed by atoms with E-state index in [9.17, 15) is 13.2 Å². The van der Waals surface area contributed by atoms with Gasteiger partial charge in [-0.1, -0.05) is 0 Å². The number of hydrogen-bond acceptors (Lipinski definition) is 5. The first kappa shape index (κ1) is 23.3. The van der Waals surface area contributed by atoms with Crippen LogP contribution < -0.4 is 15.4 Å². The molecule has 5 rings (SSSR count). The summed E-state index contributed by atoms with van der Waals surface area (Å²) in [6.07, 6.45) is 8.46. The van der Waals surface area contributed by atoms with E-state index in [0.29, 0.717) is 16.8 Å². The van der Waals surface area contributed by atoms with Gasteiger partial charge in [-0.25, -0.2) is 13.1 Å². The molecule has 4 N–H and O–H groups in total. The van der Waals surface area contributed by atoms with Crippen molar-refractivity contribution < 1.29 is 13.2 Å². The van der Waals surface area contributed by atoms with Crippen LogP contribution in [0.5, 0.6) is 0 Å². The van der Waals surface area contributed by atoms with Crippen molar-refractivity contribution >= 4 is 33.3 Å². The van der Waals surface area contributed by atoms with Crippen LogP contribution in [0.1, 0.15) is 47.3 Å². The van der Waals surface area contributed by atoms with E-state index in [4.69, 9.17) is 0 Å². The van der Waals surface area contributed by atoms with Crippen LogP contribution >= 0.6 is 0 Å². The Labute approximate surface area is 201 Å². The van der Waals surface area contributed by atoms with Crippen molar-refractivity contribution in [3.8, 4) is 0 Å². The van der Waals surface area contributed by atoms with Crippen LogP contribution in [0.15, 0.2) is 23.1 Å². The van der Waals surface area contributed by atoms with Gasteiger partial charge in [0.15, 0.2) is 0 Å². The molecule has 1 fully saturated rings. The zero-order valence-corrected chi connectivity index (χ0v) is 20.5. The molecule has 0 atom stereocenters. The van der Waals surface area contributed by atoms with E-state index in [1.165, 1.54) is 42.8 Å². The summed E-state index contributed by atoms with van der Waals surface area (Å²) < 4.78 is 27.0. The van der Waals surface area contributed by atoms with E-state index >= 15 is 0 Å². The Hall–Kier alpha value is -2.46. The van der Waals surface area contributed by atoms with Gasteiger partial charge >= 0.3 is 0 Å². The van der Waals surface area contributed by atoms with Crippen molar-refractivity contribution in [2.45, 2.75) is 43.4 Å². The number of H-pyrrole nitrogens is 1. The molecule has 0 unspecified atom stereocenters. The van der Waals surface area contributed by atoms with Crippen molar-refractivity contribution in [3.05, 3.63) is 46.3 Å². The highest BCUT2D eigenvalue weighted by Gasteiger charge is 2.28. The van der Waals surface area contributed by atoms with Crippen molar-refractivity contribution in [3.63, 3.8) is 0 Å². The van der Waals surface area contributed by atoms with Crippen LogP contribution in [-0.4, -0.2) is 64.0 Å². The number of carbonyl (C=O) groups is 1. The number of rotatable bonds is 7. The molecule has 182 valence electrons. The lowest BCUT2D eigenvalue weighted by atomic mass is 9.92. The number of nitrogens with zero attached hydrogens (tertiary/aromatic N) is 1. The number of aromatic amines is 1. The summed E-state index contributed by atoms with van der Waals surface area (Å²) in [7, 11) is -2.21. The fraction of sp³-hybridized carbons (Fsp3) is 0.480. The normalized spacial score (nSPS) is 19.8. The zero-order valence-electron chi connectivity index (χ0n) is 19.7. The standard InChI is InChI=1S/C25H33N5O3S/c1-26-34(32,33)17-8-9-23-20(15-17)21(25(31)29-23)16-24-19(18-5-2-3-7-22(18)28-24)6-4-12-30-13-10-27-11-14-30/h8-9,15-16,26-28H,2-7,10-14H2,1H3,(H,29,31)/b21-16+. The molecule has 9 heteroatoms. The molecule has 0 saturated carbocycles. The molecular weight excluding hydrogens is 450 g/mol. The Kier molecular flexibility index (Phi) is 6.61. The van der Waals surface area contributed by atoms with E-state index in [1.54, 1.807) is 12.1 Å². The number of carbonyl (C=O) groups excluding carboxylic acids is 1. The first-order valence-corrected chi connectivity index (χ1v) is 13.7. The zero-order chi connectivity index (χ0) is 23.7. The summed E-state index contributed by atoms with van der Waals surface area (Å²) in [4.78, 5) is 19.1. The number of aryl methyl sites for hydroxylation is 1. The number of sulfonamides is 1. The second-order valence-corrected chi connectivity index (χ2v) is 11.2. The largest absolute Gasteiger partial charge is 0.358 e. The lowest BCUT2D eigenvalue weighted by molar-refractivity contribution is -0.110. The summed E-state index contributed by atoms with van der Waals surface area (Å²) in [6.45, 7) is 5.37. The predicted octanol–water partition coefficient (Wildman–Crippen LogP) is 2.13. The maximum Gasteiger partial charge on any atom is 0.256 e. The minimum absolute atomic E-state index is 0.151. The molecule has 0 bridgehead atoms. The van der Waals surface area contributed by atoms with Gasteiger partial charge in [0.25, 0.3) is 5.91 Å². The molecule has 3 heterocycles. The third kappa shape index (κ3) is 4.57. The van der Waals surface area contributed by atoms with E-state index in [2.05, 4.69) is 25.2 Å². The fourth-order valence-electron chi connectivity index (χ4n) is 5.34. The van der Waals surface area contributed by atoms with Gasteiger partial charge in [0.05, 0.1) is 10.5 Å². The first-order valence-electron chi connectivity index (χ1n) is 12.2. The number of nitrogens with one attached hydrogen (secondary N) is 4. The Balaban J connectivity index is 1.47. The Morgan fingerprint density at radius 3 is 2.74 bits per heavy atom. The summed E-state index contributed by atoms with van der Waals surface area (Å²) in [6, 6.07) is 4.76. The molecule has 1 saturated heterocycles. The van der Waals surface area contributed by atoms with Gasteiger partial charge in [-0.2, -0.15) is 0 Å². The van der Waals surface area contributed by atoms with E-state index in [1.807, 2.05) is 6.08 Å². The van der Waals surface area contributed by atoms with Crippen molar-refractivity contribution in [2.24, 2.45) is 0 Å². The van der Waals surface area contributed by atoms with Crippen LogP contribution in [0.4, 0.5) is 5.69 Å². The van der Waals surface area contributed by atoms with Gasteiger partial charge in [0.2, 0.25) is 10.0 Å². The summed E-state index contributed by atoms with van der Waals surface area (Å²) in [5, 5.41) is 6.29. The molecule has 1 amide bonds. The predicted molar refractivity (Wildman–Crippen MR) is 134 cm³/mol. The highest BCUT2D eigenvalue weighted by atomic mass is 32.2. The van der Waals surface area contributed by atoms with Gasteiger partial charge in [-0.15, -0.1) is 0 Å². The second-order valence-electron chi connectivity index (χ2n) is 9.30. The first-order chi connectivity index (χ1) is 16.5. The molecule has 8 nitrogen and oxygen atoms in total. The second kappa shape index (κ2) is 9.65. The minimum atomic E-state index is -3.60. The molecule has 2 aliphatic heterocycles. The summed E-state index contributed by atoms with van der Waals surface area (Å²) in [5.41, 5.74) is 6.79. The highest BCUT2D eigenvalue weighted by Crippen LogP contribution is 2.36. The molecule has 1 aliphatic carbocycles. The van der Waals surface area contributed by atoms with Gasteiger partial charge in [0.1, 0.15) is 0 Å². The SMILES string of the molecule is CNS(=O)(=O)c1ccc2c(c1)/C(=C\c1[nH]c3c(c1CCCN1CCNCC1)CCCC3)C(=O)N2. The molecule has 0 radical (unpaired) electrons. The quantitative estimate of drug-likeness (QED) is 0.452. The number of amides is 1. The van der Waals surface area contributed by atoms with Crippen molar-refractivity contribution in [1.29, 1.82) is 0 Å². The smallest absolute Gasteiger partial charge is 0.256 e. The van der Waals surface area contributed by atoms with Crippen LogP contribution in [0, 0.1) is 0 Å².